The minimum absolute atomic E-state index is 0.500. The number of nitrogens with zero attached hydrogens (tertiary/aromatic N) is 1. The van der Waals surface area contributed by atoms with Crippen molar-refractivity contribution in [2.24, 2.45) is 0 Å². The van der Waals surface area contributed by atoms with Crippen molar-refractivity contribution in [1.82, 2.24) is 4.98 Å². The van der Waals surface area contributed by atoms with E-state index < -0.39 is 0 Å². The second kappa shape index (κ2) is 4.94. The molecule has 0 saturated heterocycles. The van der Waals surface area contributed by atoms with E-state index in [0.29, 0.717) is 5.15 Å². The highest BCUT2D eigenvalue weighted by atomic mass is 35.5. The van der Waals surface area contributed by atoms with Gasteiger partial charge in [-0.25, -0.2) is 4.98 Å². The Balaban J connectivity index is 2.58. The molecule has 5 heteroatoms. The van der Waals surface area contributed by atoms with Gasteiger partial charge < -0.3 is 9.47 Å². The summed E-state index contributed by atoms with van der Waals surface area (Å²) >= 11 is 7.33. The summed E-state index contributed by atoms with van der Waals surface area (Å²) in [4.78, 5) is 4.25. The predicted molar refractivity (Wildman–Crippen MR) is 70.4 cm³/mol. The average Bonchev–Trinajstić information content (AvgIpc) is 2.75. The highest BCUT2D eigenvalue weighted by Gasteiger charge is 2.15. The van der Waals surface area contributed by atoms with Gasteiger partial charge in [0.2, 0.25) is 0 Å². The summed E-state index contributed by atoms with van der Waals surface area (Å²) in [6.07, 6.45) is 0. The van der Waals surface area contributed by atoms with Crippen LogP contribution in [0.3, 0.4) is 0 Å². The summed E-state index contributed by atoms with van der Waals surface area (Å²) in [5, 5.41) is 3.15. The lowest BCUT2D eigenvalue weighted by Gasteiger charge is -2.12. The lowest BCUT2D eigenvalue weighted by molar-refractivity contribution is 0.390. The Morgan fingerprint density at radius 1 is 1.24 bits per heavy atom. The quantitative estimate of drug-likeness (QED) is 0.850. The standard InChI is InChI=1S/C12H12ClNO2S/c1-7-9(15-2)5-4-8(11(7)16-3)12-14-10(13)6-17-12/h4-6H,1-3H3. The molecular formula is C12H12ClNO2S. The van der Waals surface area contributed by atoms with E-state index in [1.54, 1.807) is 19.6 Å². The van der Waals surface area contributed by atoms with Gasteiger partial charge in [-0.05, 0) is 19.1 Å². The molecule has 1 heterocycles. The van der Waals surface area contributed by atoms with E-state index in [1.807, 2.05) is 19.1 Å². The number of aromatic nitrogens is 1. The van der Waals surface area contributed by atoms with Crippen LogP contribution >= 0.6 is 22.9 Å². The summed E-state index contributed by atoms with van der Waals surface area (Å²) in [7, 11) is 3.28. The van der Waals surface area contributed by atoms with Crippen molar-refractivity contribution in [1.29, 1.82) is 0 Å². The normalized spacial score (nSPS) is 10.4. The van der Waals surface area contributed by atoms with Crippen LogP contribution < -0.4 is 9.47 Å². The van der Waals surface area contributed by atoms with Crippen molar-refractivity contribution in [2.45, 2.75) is 6.92 Å². The van der Waals surface area contributed by atoms with Gasteiger partial charge in [-0.15, -0.1) is 11.3 Å². The van der Waals surface area contributed by atoms with Crippen LogP contribution in [0.2, 0.25) is 5.15 Å². The van der Waals surface area contributed by atoms with Crippen molar-refractivity contribution in [3.05, 3.63) is 28.2 Å². The van der Waals surface area contributed by atoms with E-state index in [-0.39, 0.29) is 0 Å². The smallest absolute Gasteiger partial charge is 0.140 e. The molecule has 90 valence electrons. The first-order valence-electron chi connectivity index (χ1n) is 5.00. The fourth-order valence-corrected chi connectivity index (χ4v) is 2.67. The number of ether oxygens (including phenoxy) is 2. The van der Waals surface area contributed by atoms with Crippen molar-refractivity contribution < 1.29 is 9.47 Å². The van der Waals surface area contributed by atoms with E-state index in [9.17, 15) is 0 Å². The van der Waals surface area contributed by atoms with Gasteiger partial charge >= 0.3 is 0 Å². The van der Waals surface area contributed by atoms with E-state index in [4.69, 9.17) is 21.1 Å². The maximum absolute atomic E-state index is 5.84. The number of hydrogen-bond acceptors (Lipinski definition) is 4. The van der Waals surface area contributed by atoms with Crippen LogP contribution in [-0.4, -0.2) is 19.2 Å². The molecule has 0 aliphatic rings. The fraction of sp³-hybridized carbons (Fsp3) is 0.250. The van der Waals surface area contributed by atoms with Gasteiger partial charge in [-0.2, -0.15) is 0 Å². The van der Waals surface area contributed by atoms with Gasteiger partial charge in [-0.1, -0.05) is 11.6 Å². The molecule has 0 fully saturated rings. The van der Waals surface area contributed by atoms with Crippen LogP contribution in [0.15, 0.2) is 17.5 Å². The average molecular weight is 270 g/mol. The lowest BCUT2D eigenvalue weighted by atomic mass is 10.1. The first kappa shape index (κ1) is 12.2. The van der Waals surface area contributed by atoms with Crippen molar-refractivity contribution in [3.8, 4) is 22.1 Å². The summed E-state index contributed by atoms with van der Waals surface area (Å²) in [6, 6.07) is 3.84. The molecule has 1 aromatic heterocycles. The zero-order chi connectivity index (χ0) is 12.4. The van der Waals surface area contributed by atoms with Gasteiger partial charge in [0.15, 0.2) is 0 Å². The molecule has 0 atom stereocenters. The molecule has 0 saturated carbocycles. The first-order chi connectivity index (χ1) is 8.17. The Bertz CT molecular complexity index is 539. The Kier molecular flexibility index (Phi) is 3.54. The van der Waals surface area contributed by atoms with Crippen LogP contribution in [-0.2, 0) is 0 Å². The minimum atomic E-state index is 0.500. The first-order valence-corrected chi connectivity index (χ1v) is 6.26. The third-order valence-electron chi connectivity index (χ3n) is 2.49. The van der Waals surface area contributed by atoms with E-state index in [1.165, 1.54) is 11.3 Å². The van der Waals surface area contributed by atoms with Gasteiger partial charge in [0.1, 0.15) is 21.7 Å². The molecule has 0 bridgehead atoms. The maximum Gasteiger partial charge on any atom is 0.140 e. The highest BCUT2D eigenvalue weighted by Crippen LogP contribution is 2.39. The predicted octanol–water partition coefficient (Wildman–Crippen LogP) is 3.79. The van der Waals surface area contributed by atoms with Crippen LogP contribution in [0.5, 0.6) is 11.5 Å². The van der Waals surface area contributed by atoms with Gasteiger partial charge in [-0.3, -0.25) is 0 Å². The summed E-state index contributed by atoms with van der Waals surface area (Å²) < 4.78 is 10.7. The number of thiazole rings is 1. The second-order valence-electron chi connectivity index (χ2n) is 3.45. The molecule has 0 unspecified atom stereocenters. The largest absolute Gasteiger partial charge is 0.496 e. The summed E-state index contributed by atoms with van der Waals surface area (Å²) in [5.74, 6) is 1.57. The molecule has 2 aromatic rings. The van der Waals surface area contributed by atoms with E-state index in [2.05, 4.69) is 4.98 Å². The molecule has 17 heavy (non-hydrogen) atoms. The van der Waals surface area contributed by atoms with Crippen molar-refractivity contribution >= 4 is 22.9 Å². The summed E-state index contributed by atoms with van der Waals surface area (Å²) in [5.41, 5.74) is 1.89. The SMILES string of the molecule is COc1ccc(-c2nc(Cl)cs2)c(OC)c1C. The third kappa shape index (κ3) is 2.23. The van der Waals surface area contributed by atoms with Crippen LogP contribution in [0, 0.1) is 6.92 Å². The van der Waals surface area contributed by atoms with Gasteiger partial charge in [0.05, 0.1) is 19.8 Å². The molecule has 1 aromatic carbocycles. The third-order valence-corrected chi connectivity index (χ3v) is 3.69. The van der Waals surface area contributed by atoms with Crippen LogP contribution in [0.25, 0.3) is 10.6 Å². The Labute approximate surface area is 109 Å². The van der Waals surface area contributed by atoms with Crippen molar-refractivity contribution in [3.63, 3.8) is 0 Å². The maximum atomic E-state index is 5.84. The monoisotopic (exact) mass is 269 g/mol. The van der Waals surface area contributed by atoms with Crippen molar-refractivity contribution in [2.75, 3.05) is 14.2 Å². The van der Waals surface area contributed by atoms with Crippen LogP contribution in [0.4, 0.5) is 0 Å². The number of rotatable bonds is 3. The number of benzene rings is 1. The molecular weight excluding hydrogens is 258 g/mol. The Morgan fingerprint density at radius 3 is 2.53 bits per heavy atom. The van der Waals surface area contributed by atoms with E-state index >= 15 is 0 Å². The fourth-order valence-electron chi connectivity index (χ4n) is 1.70. The molecule has 2 rings (SSSR count). The molecule has 0 aliphatic heterocycles. The highest BCUT2D eigenvalue weighted by molar-refractivity contribution is 7.13. The second-order valence-corrected chi connectivity index (χ2v) is 4.69. The molecule has 0 spiro atoms. The number of hydrogen-bond donors (Lipinski definition) is 0. The zero-order valence-electron chi connectivity index (χ0n) is 9.78. The molecule has 0 amide bonds. The Hall–Kier alpha value is -1.26. The zero-order valence-corrected chi connectivity index (χ0v) is 11.4. The molecule has 0 N–H and O–H groups in total. The molecule has 0 aliphatic carbocycles. The lowest BCUT2D eigenvalue weighted by Crippen LogP contribution is -1.94. The van der Waals surface area contributed by atoms with Gasteiger partial charge in [0, 0.05) is 10.9 Å². The Morgan fingerprint density at radius 2 is 2.00 bits per heavy atom. The van der Waals surface area contributed by atoms with Crippen LogP contribution in [0.1, 0.15) is 5.56 Å². The summed E-state index contributed by atoms with van der Waals surface area (Å²) in [6.45, 7) is 1.95. The number of halogens is 1. The minimum Gasteiger partial charge on any atom is -0.496 e. The number of methoxy groups -OCH3 is 2. The van der Waals surface area contributed by atoms with Gasteiger partial charge in [0.25, 0.3) is 0 Å². The molecule has 3 nitrogen and oxygen atoms in total. The topological polar surface area (TPSA) is 31.4 Å². The molecule has 0 radical (unpaired) electrons. The van der Waals surface area contributed by atoms with E-state index in [0.717, 1.165) is 27.6 Å².